The highest BCUT2D eigenvalue weighted by Crippen LogP contribution is 2.08. The van der Waals surface area contributed by atoms with Gasteiger partial charge in [-0.2, -0.15) is 0 Å². The summed E-state index contributed by atoms with van der Waals surface area (Å²) in [6.07, 6.45) is 1.03. The molecule has 114 valence electrons. The average molecular weight is 300 g/mol. The maximum absolute atomic E-state index is 12.1. The van der Waals surface area contributed by atoms with Crippen LogP contribution in [0.1, 0.15) is 39.3 Å². The summed E-state index contributed by atoms with van der Waals surface area (Å²) in [4.78, 5) is 25.3. The Bertz CT molecular complexity index is 499. The summed E-state index contributed by atoms with van der Waals surface area (Å²) in [5.74, 6) is 0.0237. The molecule has 0 radical (unpaired) electrons. The van der Waals surface area contributed by atoms with Gasteiger partial charge in [-0.05, 0) is 34.1 Å². The third-order valence-corrected chi connectivity index (χ3v) is 3.94. The number of hydrogen-bond donors (Lipinski definition) is 1. The molecule has 0 saturated heterocycles. The van der Waals surface area contributed by atoms with E-state index in [4.69, 9.17) is 0 Å². The molecule has 6 heteroatoms. The minimum atomic E-state index is -0.882. The van der Waals surface area contributed by atoms with Crippen LogP contribution in [0.15, 0.2) is 10.2 Å². The van der Waals surface area contributed by atoms with E-state index in [-0.39, 0.29) is 10.8 Å². The van der Waals surface area contributed by atoms with Crippen LogP contribution in [0.25, 0.3) is 0 Å². The monoisotopic (exact) mass is 300 g/mol. The van der Waals surface area contributed by atoms with Gasteiger partial charge in [0.05, 0.1) is 5.60 Å². The van der Waals surface area contributed by atoms with Crippen molar-refractivity contribution >= 4 is 17.2 Å². The summed E-state index contributed by atoms with van der Waals surface area (Å²) in [5.41, 5.74) is 0.0586. The smallest absolute Gasteiger partial charge is 0.307 e. The Labute approximate surface area is 123 Å². The number of aromatic nitrogens is 1. The van der Waals surface area contributed by atoms with Gasteiger partial charge < -0.3 is 14.6 Å². The molecule has 0 aliphatic carbocycles. The Morgan fingerprint density at radius 3 is 2.60 bits per heavy atom. The molecule has 0 aliphatic rings. The molecule has 0 spiro atoms. The molecule has 5 nitrogen and oxygen atoms in total. The van der Waals surface area contributed by atoms with Crippen LogP contribution < -0.4 is 4.87 Å². The number of nitrogens with zero attached hydrogens (tertiary/aromatic N) is 2. The lowest BCUT2D eigenvalue weighted by molar-refractivity contribution is -0.134. The highest BCUT2D eigenvalue weighted by Gasteiger charge is 2.20. The van der Waals surface area contributed by atoms with Crippen LogP contribution in [-0.4, -0.2) is 39.2 Å². The highest BCUT2D eigenvalue weighted by atomic mass is 32.1. The molecule has 1 aromatic rings. The van der Waals surface area contributed by atoms with Gasteiger partial charge in [0.25, 0.3) is 0 Å². The molecule has 0 bridgehead atoms. The van der Waals surface area contributed by atoms with Crippen molar-refractivity contribution in [2.24, 2.45) is 0 Å². The van der Waals surface area contributed by atoms with Crippen molar-refractivity contribution in [1.82, 2.24) is 9.47 Å². The van der Waals surface area contributed by atoms with E-state index in [0.717, 1.165) is 5.69 Å². The van der Waals surface area contributed by atoms with Gasteiger partial charge in [0.1, 0.15) is 0 Å². The van der Waals surface area contributed by atoms with E-state index in [1.807, 2.05) is 19.2 Å². The van der Waals surface area contributed by atoms with Gasteiger partial charge in [0.2, 0.25) is 5.91 Å². The Kier molecular flexibility index (Phi) is 5.95. The second-order valence-corrected chi connectivity index (χ2v) is 6.44. The number of carbonyl (C=O) groups excluding carboxylic acids is 1. The SMILES string of the molecule is CCN(CC(C)(C)O)C(=O)CCCn1c(C)csc1=O. The van der Waals surface area contributed by atoms with Gasteiger partial charge in [-0.3, -0.25) is 9.59 Å². The van der Waals surface area contributed by atoms with Crippen molar-refractivity contribution in [3.8, 4) is 0 Å². The number of likely N-dealkylation sites (N-methyl/N-ethyl adjacent to an activating group) is 1. The lowest BCUT2D eigenvalue weighted by Gasteiger charge is -2.28. The molecular formula is C14H24N2O3S. The first-order valence-corrected chi connectivity index (χ1v) is 7.77. The fraction of sp³-hybridized carbons (Fsp3) is 0.714. The summed E-state index contributed by atoms with van der Waals surface area (Å²) in [5, 5.41) is 11.6. The Balaban J connectivity index is 2.48. The number of carbonyl (C=O) groups is 1. The van der Waals surface area contributed by atoms with Crippen molar-refractivity contribution in [2.75, 3.05) is 13.1 Å². The first kappa shape index (κ1) is 16.9. The lowest BCUT2D eigenvalue weighted by atomic mass is 10.1. The van der Waals surface area contributed by atoms with Crippen molar-refractivity contribution in [2.45, 2.75) is 52.7 Å². The molecule has 0 aromatic carbocycles. The van der Waals surface area contributed by atoms with E-state index < -0.39 is 5.60 Å². The van der Waals surface area contributed by atoms with Gasteiger partial charge in [0, 0.05) is 37.1 Å². The normalized spacial score (nSPS) is 11.7. The van der Waals surface area contributed by atoms with E-state index in [9.17, 15) is 14.7 Å². The van der Waals surface area contributed by atoms with Gasteiger partial charge in [0.15, 0.2) is 0 Å². The molecule has 1 N–H and O–H groups in total. The molecule has 0 aliphatic heterocycles. The molecule has 1 rings (SSSR count). The summed E-state index contributed by atoms with van der Waals surface area (Å²) < 4.78 is 1.70. The lowest BCUT2D eigenvalue weighted by Crippen LogP contribution is -2.42. The number of amides is 1. The Hall–Kier alpha value is -1.14. The largest absolute Gasteiger partial charge is 0.389 e. The van der Waals surface area contributed by atoms with E-state index >= 15 is 0 Å². The van der Waals surface area contributed by atoms with E-state index in [1.165, 1.54) is 11.3 Å². The Morgan fingerprint density at radius 2 is 2.15 bits per heavy atom. The van der Waals surface area contributed by atoms with Gasteiger partial charge in [-0.25, -0.2) is 0 Å². The minimum absolute atomic E-state index is 0.0237. The topological polar surface area (TPSA) is 62.5 Å². The third-order valence-electron chi connectivity index (χ3n) is 3.06. The van der Waals surface area contributed by atoms with E-state index in [1.54, 1.807) is 23.3 Å². The number of aliphatic hydroxyl groups is 1. The second kappa shape index (κ2) is 7.04. The van der Waals surface area contributed by atoms with Gasteiger partial charge in [-0.1, -0.05) is 11.3 Å². The summed E-state index contributed by atoms with van der Waals surface area (Å²) >= 11 is 1.19. The van der Waals surface area contributed by atoms with E-state index in [2.05, 4.69) is 0 Å². The van der Waals surface area contributed by atoms with Crippen LogP contribution in [0, 0.1) is 6.92 Å². The number of aryl methyl sites for hydroxylation is 1. The maximum atomic E-state index is 12.1. The second-order valence-electron chi connectivity index (χ2n) is 5.62. The molecule has 1 heterocycles. The van der Waals surface area contributed by atoms with Crippen molar-refractivity contribution in [3.05, 3.63) is 20.7 Å². The van der Waals surface area contributed by atoms with Crippen LogP contribution in [-0.2, 0) is 11.3 Å². The van der Waals surface area contributed by atoms with Crippen LogP contribution in [0.4, 0.5) is 0 Å². The Morgan fingerprint density at radius 1 is 1.50 bits per heavy atom. The van der Waals surface area contributed by atoms with Gasteiger partial charge in [-0.15, -0.1) is 0 Å². The van der Waals surface area contributed by atoms with Crippen molar-refractivity contribution < 1.29 is 9.90 Å². The van der Waals surface area contributed by atoms with Crippen LogP contribution in [0.3, 0.4) is 0 Å². The van der Waals surface area contributed by atoms with Crippen LogP contribution in [0.5, 0.6) is 0 Å². The first-order valence-electron chi connectivity index (χ1n) is 6.89. The zero-order valence-corrected chi connectivity index (χ0v) is 13.5. The molecular weight excluding hydrogens is 276 g/mol. The predicted octanol–water partition coefficient (Wildman–Crippen LogP) is 1.62. The summed E-state index contributed by atoms with van der Waals surface area (Å²) in [7, 11) is 0. The molecule has 0 atom stereocenters. The molecule has 1 aromatic heterocycles. The molecule has 0 saturated carbocycles. The zero-order valence-electron chi connectivity index (χ0n) is 12.7. The van der Waals surface area contributed by atoms with Crippen LogP contribution in [0.2, 0.25) is 0 Å². The van der Waals surface area contributed by atoms with Crippen molar-refractivity contribution in [3.63, 3.8) is 0 Å². The fourth-order valence-corrected chi connectivity index (χ4v) is 2.83. The standard InChI is InChI=1S/C14H24N2O3S/c1-5-15(10-14(3,4)19)12(17)7-6-8-16-11(2)9-20-13(16)18/h9,19H,5-8,10H2,1-4H3. The number of rotatable bonds is 7. The highest BCUT2D eigenvalue weighted by molar-refractivity contribution is 7.07. The molecule has 0 fully saturated rings. The van der Waals surface area contributed by atoms with Crippen LogP contribution >= 0.6 is 11.3 Å². The third kappa shape index (κ3) is 5.09. The number of thiazole rings is 1. The molecule has 0 unspecified atom stereocenters. The summed E-state index contributed by atoms with van der Waals surface area (Å²) in [6, 6.07) is 0. The fourth-order valence-electron chi connectivity index (χ4n) is 2.06. The zero-order chi connectivity index (χ0) is 15.3. The van der Waals surface area contributed by atoms with Crippen molar-refractivity contribution in [1.29, 1.82) is 0 Å². The maximum Gasteiger partial charge on any atom is 0.307 e. The predicted molar refractivity (Wildman–Crippen MR) is 81.1 cm³/mol. The molecule has 1 amide bonds. The first-order chi connectivity index (χ1) is 9.24. The van der Waals surface area contributed by atoms with E-state index in [0.29, 0.717) is 32.5 Å². The summed E-state index contributed by atoms with van der Waals surface area (Å²) in [6.45, 7) is 8.66. The van der Waals surface area contributed by atoms with Gasteiger partial charge >= 0.3 is 4.87 Å². The quantitative estimate of drug-likeness (QED) is 0.832. The molecule has 20 heavy (non-hydrogen) atoms. The average Bonchev–Trinajstić information content (AvgIpc) is 2.66. The number of hydrogen-bond acceptors (Lipinski definition) is 4. The minimum Gasteiger partial charge on any atom is -0.389 e.